The van der Waals surface area contributed by atoms with Gasteiger partial charge >= 0.3 is 0 Å². The molecule has 24 heavy (non-hydrogen) atoms. The molecular weight excluding hydrogens is 304 g/mol. The third-order valence-corrected chi connectivity index (χ3v) is 3.89. The molecule has 2 aromatic rings. The lowest BCUT2D eigenvalue weighted by Crippen LogP contribution is -2.47. The van der Waals surface area contributed by atoms with E-state index in [1.54, 1.807) is 30.2 Å². The van der Waals surface area contributed by atoms with E-state index < -0.39 is 6.10 Å². The maximum Gasteiger partial charge on any atom is 0.269 e. The Morgan fingerprint density at radius 2 is 2.17 bits per heavy atom. The number of nitrogen functional groups attached to an aromatic ring is 1. The van der Waals surface area contributed by atoms with Gasteiger partial charge < -0.3 is 15.2 Å². The maximum atomic E-state index is 12.8. The van der Waals surface area contributed by atoms with Crippen molar-refractivity contribution in [2.45, 2.75) is 12.5 Å². The molecule has 0 saturated heterocycles. The first-order valence-electron chi connectivity index (χ1n) is 7.56. The summed E-state index contributed by atoms with van der Waals surface area (Å²) in [5, 5.41) is 0. The lowest BCUT2D eigenvalue weighted by atomic mass is 10.0. The second-order valence-electron chi connectivity index (χ2n) is 5.52. The normalized spacial score (nSPS) is 16.1. The number of nitrogens with two attached hydrogens (primary N) is 1. The van der Waals surface area contributed by atoms with E-state index in [1.807, 2.05) is 24.3 Å². The van der Waals surface area contributed by atoms with Crippen LogP contribution in [0.4, 0.5) is 11.4 Å². The average molecular weight is 322 g/mol. The van der Waals surface area contributed by atoms with Gasteiger partial charge in [-0.3, -0.25) is 9.69 Å². The Morgan fingerprint density at radius 1 is 1.33 bits per heavy atom. The molecule has 0 saturated carbocycles. The minimum Gasteiger partial charge on any atom is -0.497 e. The molecule has 0 spiro atoms. The van der Waals surface area contributed by atoms with Crippen LogP contribution < -0.4 is 20.1 Å². The maximum absolute atomic E-state index is 12.8. The van der Waals surface area contributed by atoms with E-state index in [-0.39, 0.29) is 12.5 Å². The third kappa shape index (κ3) is 2.99. The van der Waals surface area contributed by atoms with Crippen molar-refractivity contribution in [3.8, 4) is 23.8 Å². The zero-order valence-corrected chi connectivity index (χ0v) is 13.4. The van der Waals surface area contributed by atoms with Crippen LogP contribution in [0, 0.1) is 12.3 Å². The Morgan fingerprint density at radius 3 is 2.92 bits per heavy atom. The van der Waals surface area contributed by atoms with Crippen LogP contribution >= 0.6 is 0 Å². The van der Waals surface area contributed by atoms with Crippen LogP contribution in [0.2, 0.25) is 0 Å². The number of nitrogens with zero attached hydrogens (tertiary/aromatic N) is 1. The number of hydrogen-bond acceptors (Lipinski definition) is 4. The number of terminal acetylenes is 1. The Bertz CT molecular complexity index is 810. The van der Waals surface area contributed by atoms with Gasteiger partial charge in [0.25, 0.3) is 5.91 Å². The Labute approximate surface area is 141 Å². The lowest BCUT2D eigenvalue weighted by Gasteiger charge is -2.33. The second kappa shape index (κ2) is 6.55. The molecule has 2 N–H and O–H groups in total. The van der Waals surface area contributed by atoms with E-state index in [0.717, 1.165) is 11.3 Å². The molecule has 0 bridgehead atoms. The molecule has 5 heteroatoms. The lowest BCUT2D eigenvalue weighted by molar-refractivity contribution is -0.126. The van der Waals surface area contributed by atoms with Crippen LogP contribution in [-0.4, -0.2) is 25.7 Å². The van der Waals surface area contributed by atoms with Crippen molar-refractivity contribution in [1.82, 2.24) is 0 Å². The van der Waals surface area contributed by atoms with Gasteiger partial charge in [0, 0.05) is 12.1 Å². The van der Waals surface area contributed by atoms with Gasteiger partial charge in [0.05, 0.1) is 19.3 Å². The summed E-state index contributed by atoms with van der Waals surface area (Å²) in [7, 11) is 1.61. The minimum atomic E-state index is -0.637. The molecule has 3 rings (SSSR count). The number of benzene rings is 2. The predicted molar refractivity (Wildman–Crippen MR) is 93.2 cm³/mol. The van der Waals surface area contributed by atoms with E-state index in [1.165, 1.54) is 0 Å². The van der Waals surface area contributed by atoms with Crippen LogP contribution in [0.3, 0.4) is 0 Å². The van der Waals surface area contributed by atoms with Crippen LogP contribution in [-0.2, 0) is 11.2 Å². The van der Waals surface area contributed by atoms with Crippen molar-refractivity contribution in [2.75, 3.05) is 24.3 Å². The van der Waals surface area contributed by atoms with Gasteiger partial charge in [-0.1, -0.05) is 18.1 Å². The molecule has 2 aromatic carbocycles. The predicted octanol–water partition coefficient (Wildman–Crippen LogP) is 2.25. The van der Waals surface area contributed by atoms with E-state index in [4.69, 9.17) is 21.6 Å². The molecule has 1 atom stereocenters. The van der Waals surface area contributed by atoms with Crippen LogP contribution in [0.25, 0.3) is 0 Å². The van der Waals surface area contributed by atoms with Crippen LogP contribution in [0.5, 0.6) is 11.5 Å². The second-order valence-corrected chi connectivity index (χ2v) is 5.52. The summed E-state index contributed by atoms with van der Waals surface area (Å²) in [5.74, 6) is 3.69. The van der Waals surface area contributed by atoms with Crippen LogP contribution in [0.15, 0.2) is 42.5 Å². The number of ether oxygens (including phenoxy) is 2. The van der Waals surface area contributed by atoms with Crippen LogP contribution in [0.1, 0.15) is 5.56 Å². The standard InChI is InChI=1S/C19H18N2O3/c1-3-9-21-16-12-14(20)7-8-17(16)24-18(19(21)22)11-13-5-4-6-15(10-13)23-2/h1,4-8,10,12,18H,9,11,20H2,2H3. The topological polar surface area (TPSA) is 64.8 Å². The number of hydrogen-bond donors (Lipinski definition) is 1. The van der Waals surface area contributed by atoms with Crippen molar-refractivity contribution in [3.63, 3.8) is 0 Å². The fraction of sp³-hybridized carbons (Fsp3) is 0.211. The summed E-state index contributed by atoms with van der Waals surface area (Å²) in [6, 6.07) is 12.8. The first kappa shape index (κ1) is 15.8. The number of amides is 1. The zero-order valence-electron chi connectivity index (χ0n) is 13.4. The van der Waals surface area contributed by atoms with Gasteiger partial charge in [0.1, 0.15) is 11.5 Å². The Hall–Kier alpha value is -3.13. The summed E-state index contributed by atoms with van der Waals surface area (Å²) in [4.78, 5) is 14.3. The summed E-state index contributed by atoms with van der Waals surface area (Å²) in [5.41, 5.74) is 7.93. The highest BCUT2D eigenvalue weighted by atomic mass is 16.5. The third-order valence-electron chi connectivity index (χ3n) is 3.89. The van der Waals surface area contributed by atoms with Gasteiger partial charge in [-0.15, -0.1) is 6.42 Å². The van der Waals surface area contributed by atoms with Gasteiger partial charge in [0.2, 0.25) is 0 Å². The summed E-state index contributed by atoms with van der Waals surface area (Å²) in [6.45, 7) is 0.174. The molecule has 0 radical (unpaired) electrons. The highest BCUT2D eigenvalue weighted by Gasteiger charge is 2.34. The molecule has 0 aliphatic carbocycles. The molecule has 1 aliphatic rings. The highest BCUT2D eigenvalue weighted by molar-refractivity contribution is 6.01. The Kier molecular flexibility index (Phi) is 4.30. The molecule has 1 heterocycles. The number of methoxy groups -OCH3 is 1. The number of carbonyl (C=O) groups excluding carboxylic acids is 1. The first-order valence-corrected chi connectivity index (χ1v) is 7.56. The van der Waals surface area contributed by atoms with Gasteiger partial charge in [-0.2, -0.15) is 0 Å². The van der Waals surface area contributed by atoms with Gasteiger partial charge in [0.15, 0.2) is 6.10 Å². The SMILES string of the molecule is C#CCN1C(=O)C(Cc2cccc(OC)c2)Oc2ccc(N)cc21. The van der Waals surface area contributed by atoms with Crippen molar-refractivity contribution >= 4 is 17.3 Å². The molecule has 0 aromatic heterocycles. The molecule has 1 amide bonds. The monoisotopic (exact) mass is 322 g/mol. The summed E-state index contributed by atoms with van der Waals surface area (Å²) < 4.78 is 11.1. The number of rotatable bonds is 4. The van der Waals surface area contributed by atoms with E-state index >= 15 is 0 Å². The Balaban J connectivity index is 1.91. The van der Waals surface area contributed by atoms with Crippen molar-refractivity contribution in [2.24, 2.45) is 0 Å². The zero-order chi connectivity index (χ0) is 17.1. The largest absolute Gasteiger partial charge is 0.497 e. The van der Waals surface area contributed by atoms with E-state index in [9.17, 15) is 4.79 Å². The number of anilines is 2. The van der Waals surface area contributed by atoms with Crippen molar-refractivity contribution < 1.29 is 14.3 Å². The van der Waals surface area contributed by atoms with Crippen molar-refractivity contribution in [3.05, 3.63) is 48.0 Å². The summed E-state index contributed by atoms with van der Waals surface area (Å²) in [6.07, 6.45) is 5.21. The number of fused-ring (bicyclic) bond motifs is 1. The van der Waals surface area contributed by atoms with E-state index in [2.05, 4.69) is 5.92 Å². The van der Waals surface area contributed by atoms with E-state index in [0.29, 0.717) is 23.5 Å². The first-order chi connectivity index (χ1) is 11.6. The smallest absolute Gasteiger partial charge is 0.269 e. The number of carbonyl (C=O) groups is 1. The minimum absolute atomic E-state index is 0.172. The molecule has 1 aliphatic heterocycles. The summed E-state index contributed by atoms with van der Waals surface area (Å²) >= 11 is 0. The molecule has 5 nitrogen and oxygen atoms in total. The molecule has 0 fully saturated rings. The molecule has 1 unspecified atom stereocenters. The van der Waals surface area contributed by atoms with Crippen molar-refractivity contribution in [1.29, 1.82) is 0 Å². The molecule has 122 valence electrons. The van der Waals surface area contributed by atoms with Gasteiger partial charge in [-0.25, -0.2) is 0 Å². The molecular formula is C19H18N2O3. The van der Waals surface area contributed by atoms with Gasteiger partial charge in [-0.05, 0) is 35.9 Å². The fourth-order valence-electron chi connectivity index (χ4n) is 2.74. The highest BCUT2D eigenvalue weighted by Crippen LogP contribution is 2.36. The fourth-order valence-corrected chi connectivity index (χ4v) is 2.74. The average Bonchev–Trinajstić information content (AvgIpc) is 2.59. The quantitative estimate of drug-likeness (QED) is 0.693.